The van der Waals surface area contributed by atoms with E-state index in [0.717, 1.165) is 11.3 Å². The predicted octanol–water partition coefficient (Wildman–Crippen LogP) is 3.34. The average molecular weight is 267 g/mol. The average Bonchev–Trinajstić information content (AvgIpc) is 2.37. The summed E-state index contributed by atoms with van der Waals surface area (Å²) in [4.78, 5) is 0. The molecular formula is C13H12ClFN2O. The Morgan fingerprint density at radius 1 is 1.22 bits per heavy atom. The number of anilines is 1. The number of hydrogen-bond donors (Lipinski definition) is 2. The maximum Gasteiger partial charge on any atom is 0.126 e. The summed E-state index contributed by atoms with van der Waals surface area (Å²) in [5.74, 6) is 5.40. The molecule has 94 valence electrons. The molecular weight excluding hydrogens is 255 g/mol. The number of benzene rings is 2. The van der Waals surface area contributed by atoms with E-state index >= 15 is 0 Å². The molecule has 3 nitrogen and oxygen atoms in total. The van der Waals surface area contributed by atoms with E-state index in [9.17, 15) is 4.39 Å². The van der Waals surface area contributed by atoms with Crippen molar-refractivity contribution in [3.8, 4) is 5.75 Å². The van der Waals surface area contributed by atoms with Gasteiger partial charge in [-0.2, -0.15) is 0 Å². The zero-order valence-corrected chi connectivity index (χ0v) is 10.2. The van der Waals surface area contributed by atoms with Crippen LogP contribution in [0.25, 0.3) is 0 Å². The van der Waals surface area contributed by atoms with Crippen molar-refractivity contribution in [2.45, 2.75) is 6.61 Å². The van der Waals surface area contributed by atoms with Crippen LogP contribution in [-0.2, 0) is 6.61 Å². The number of nitrogens with one attached hydrogen (secondary N) is 1. The molecule has 0 atom stereocenters. The summed E-state index contributed by atoms with van der Waals surface area (Å²) in [6.07, 6.45) is 0. The summed E-state index contributed by atoms with van der Waals surface area (Å²) < 4.78 is 18.4. The molecule has 0 aliphatic carbocycles. The first kappa shape index (κ1) is 12.7. The highest BCUT2D eigenvalue weighted by atomic mass is 35.5. The molecule has 0 saturated heterocycles. The molecule has 0 fully saturated rings. The Morgan fingerprint density at radius 3 is 2.72 bits per heavy atom. The number of ether oxygens (including phenoxy) is 1. The molecule has 18 heavy (non-hydrogen) atoms. The molecule has 0 radical (unpaired) electrons. The molecule has 0 bridgehead atoms. The van der Waals surface area contributed by atoms with Gasteiger partial charge in [-0.25, -0.2) is 4.39 Å². The lowest BCUT2D eigenvalue weighted by molar-refractivity contribution is 0.304. The van der Waals surface area contributed by atoms with Gasteiger partial charge < -0.3 is 10.2 Å². The van der Waals surface area contributed by atoms with Crippen LogP contribution in [0.15, 0.2) is 42.5 Å². The molecule has 0 aromatic heterocycles. The Labute approximate surface area is 109 Å². The van der Waals surface area contributed by atoms with Crippen LogP contribution in [-0.4, -0.2) is 0 Å². The maximum atomic E-state index is 12.9. The van der Waals surface area contributed by atoms with Gasteiger partial charge in [0, 0.05) is 22.3 Å². The molecule has 2 aromatic carbocycles. The summed E-state index contributed by atoms with van der Waals surface area (Å²) in [6, 6.07) is 11.3. The van der Waals surface area contributed by atoms with E-state index in [-0.39, 0.29) is 12.4 Å². The van der Waals surface area contributed by atoms with Crippen LogP contribution in [0.2, 0.25) is 5.02 Å². The Kier molecular flexibility index (Phi) is 4.02. The minimum atomic E-state index is -0.332. The van der Waals surface area contributed by atoms with Gasteiger partial charge in [-0.3, -0.25) is 5.84 Å². The Morgan fingerprint density at radius 2 is 2.06 bits per heavy atom. The summed E-state index contributed by atoms with van der Waals surface area (Å²) in [6.45, 7) is 0.271. The Balaban J connectivity index is 2.06. The third kappa shape index (κ3) is 3.12. The van der Waals surface area contributed by atoms with Crippen molar-refractivity contribution in [1.29, 1.82) is 0 Å². The number of nitrogen functional groups attached to an aromatic ring is 1. The van der Waals surface area contributed by atoms with E-state index in [4.69, 9.17) is 22.2 Å². The van der Waals surface area contributed by atoms with E-state index in [1.165, 1.54) is 12.1 Å². The van der Waals surface area contributed by atoms with Crippen molar-refractivity contribution in [1.82, 2.24) is 0 Å². The van der Waals surface area contributed by atoms with Gasteiger partial charge in [-0.05, 0) is 24.3 Å². The molecule has 0 amide bonds. The minimum absolute atomic E-state index is 0.271. The van der Waals surface area contributed by atoms with Crippen LogP contribution in [0.3, 0.4) is 0 Å². The molecule has 3 N–H and O–H groups in total. The largest absolute Gasteiger partial charge is 0.489 e. The van der Waals surface area contributed by atoms with Gasteiger partial charge in [0.05, 0.1) is 0 Å². The lowest BCUT2D eigenvalue weighted by Gasteiger charge is -2.09. The smallest absolute Gasteiger partial charge is 0.126 e. The molecule has 0 heterocycles. The molecule has 0 aliphatic heterocycles. The molecule has 0 unspecified atom stereocenters. The topological polar surface area (TPSA) is 47.3 Å². The van der Waals surface area contributed by atoms with Crippen molar-refractivity contribution in [2.75, 3.05) is 5.43 Å². The highest BCUT2D eigenvalue weighted by molar-refractivity contribution is 6.31. The Hall–Kier alpha value is -1.78. The van der Waals surface area contributed by atoms with Gasteiger partial charge in [-0.1, -0.05) is 23.7 Å². The van der Waals surface area contributed by atoms with Crippen LogP contribution in [0.4, 0.5) is 10.1 Å². The lowest BCUT2D eigenvalue weighted by Crippen LogP contribution is -2.07. The fraction of sp³-hybridized carbons (Fsp3) is 0.0769. The first-order valence-electron chi connectivity index (χ1n) is 5.32. The van der Waals surface area contributed by atoms with E-state index in [1.807, 2.05) is 0 Å². The van der Waals surface area contributed by atoms with Crippen molar-refractivity contribution < 1.29 is 9.13 Å². The normalized spacial score (nSPS) is 10.2. The van der Waals surface area contributed by atoms with Crippen LogP contribution in [0.1, 0.15) is 5.56 Å². The van der Waals surface area contributed by atoms with E-state index in [1.54, 1.807) is 30.3 Å². The van der Waals surface area contributed by atoms with Gasteiger partial charge in [0.15, 0.2) is 0 Å². The second kappa shape index (κ2) is 5.71. The van der Waals surface area contributed by atoms with Crippen LogP contribution < -0.4 is 16.0 Å². The van der Waals surface area contributed by atoms with Crippen LogP contribution >= 0.6 is 11.6 Å². The molecule has 5 heteroatoms. The number of nitrogens with two attached hydrogens (primary N) is 1. The fourth-order valence-electron chi connectivity index (χ4n) is 1.47. The number of halogens is 2. The monoisotopic (exact) mass is 266 g/mol. The van der Waals surface area contributed by atoms with Gasteiger partial charge in [0.1, 0.15) is 18.2 Å². The number of hydrazine groups is 1. The molecule has 0 aliphatic rings. The Bertz CT molecular complexity index is 548. The van der Waals surface area contributed by atoms with Crippen molar-refractivity contribution in [3.05, 3.63) is 58.9 Å². The summed E-state index contributed by atoms with van der Waals surface area (Å²) in [5.41, 5.74) is 4.02. The summed E-state index contributed by atoms with van der Waals surface area (Å²) in [7, 11) is 0. The second-order valence-corrected chi connectivity index (χ2v) is 4.10. The standard InChI is InChI=1S/C13H12ClFN2O/c14-13-7-11(17-16)5-4-9(13)8-18-12-3-1-2-10(15)6-12/h1-7,17H,8,16H2. The van der Waals surface area contributed by atoms with Crippen molar-refractivity contribution >= 4 is 17.3 Å². The van der Waals surface area contributed by atoms with Crippen molar-refractivity contribution in [2.24, 2.45) is 5.84 Å². The SMILES string of the molecule is NNc1ccc(COc2cccc(F)c2)c(Cl)c1. The molecule has 0 spiro atoms. The van der Waals surface area contributed by atoms with Crippen molar-refractivity contribution in [3.63, 3.8) is 0 Å². The second-order valence-electron chi connectivity index (χ2n) is 3.70. The van der Waals surface area contributed by atoms with Gasteiger partial charge in [-0.15, -0.1) is 0 Å². The predicted molar refractivity (Wildman–Crippen MR) is 70.0 cm³/mol. The van der Waals surface area contributed by atoms with Crippen LogP contribution in [0.5, 0.6) is 5.75 Å². The lowest BCUT2D eigenvalue weighted by atomic mass is 10.2. The highest BCUT2D eigenvalue weighted by Gasteiger charge is 2.03. The molecule has 2 rings (SSSR count). The van der Waals surface area contributed by atoms with Gasteiger partial charge in [0.2, 0.25) is 0 Å². The van der Waals surface area contributed by atoms with E-state index in [2.05, 4.69) is 5.43 Å². The number of rotatable bonds is 4. The maximum absolute atomic E-state index is 12.9. The van der Waals surface area contributed by atoms with Gasteiger partial charge >= 0.3 is 0 Å². The quantitative estimate of drug-likeness (QED) is 0.659. The summed E-state index contributed by atoms with van der Waals surface area (Å²) >= 11 is 6.06. The molecule has 0 saturated carbocycles. The molecule has 2 aromatic rings. The van der Waals surface area contributed by atoms with Crippen LogP contribution in [0, 0.1) is 5.82 Å². The minimum Gasteiger partial charge on any atom is -0.489 e. The zero-order valence-electron chi connectivity index (χ0n) is 9.49. The first-order chi connectivity index (χ1) is 8.69. The van der Waals surface area contributed by atoms with E-state index < -0.39 is 0 Å². The third-order valence-electron chi connectivity index (χ3n) is 2.41. The van der Waals surface area contributed by atoms with E-state index in [0.29, 0.717) is 10.8 Å². The third-order valence-corrected chi connectivity index (χ3v) is 2.76. The zero-order chi connectivity index (χ0) is 13.0. The first-order valence-corrected chi connectivity index (χ1v) is 5.70. The number of hydrogen-bond acceptors (Lipinski definition) is 3. The fourth-order valence-corrected chi connectivity index (χ4v) is 1.71. The summed E-state index contributed by atoms with van der Waals surface area (Å²) in [5, 5.41) is 0.543. The van der Waals surface area contributed by atoms with Gasteiger partial charge in [0.25, 0.3) is 0 Å². The highest BCUT2D eigenvalue weighted by Crippen LogP contribution is 2.22.